The first-order chi connectivity index (χ1) is 11.2. The van der Waals surface area contributed by atoms with Crippen molar-refractivity contribution < 1.29 is 0 Å². The summed E-state index contributed by atoms with van der Waals surface area (Å²) in [5, 5.41) is 8.67. The minimum Gasteiger partial charge on any atom is -0.355 e. The van der Waals surface area contributed by atoms with E-state index in [0.29, 0.717) is 5.41 Å². The van der Waals surface area contributed by atoms with Crippen LogP contribution < -0.4 is 4.90 Å². The van der Waals surface area contributed by atoms with E-state index in [1.807, 2.05) is 6.92 Å². The highest BCUT2D eigenvalue weighted by molar-refractivity contribution is 5.38. The molecule has 3 aliphatic rings. The van der Waals surface area contributed by atoms with Gasteiger partial charge in [-0.15, -0.1) is 5.10 Å². The van der Waals surface area contributed by atoms with Gasteiger partial charge in [-0.3, -0.25) is 0 Å². The largest absolute Gasteiger partial charge is 0.355 e. The maximum atomic E-state index is 4.42. The van der Waals surface area contributed by atoms with Crippen LogP contribution >= 0.6 is 0 Å². The molecule has 0 amide bonds. The molecule has 1 atom stereocenters. The van der Waals surface area contributed by atoms with Gasteiger partial charge in [0.15, 0.2) is 5.82 Å². The minimum atomic E-state index is 0.503. The highest BCUT2D eigenvalue weighted by Crippen LogP contribution is 2.40. The summed E-state index contributed by atoms with van der Waals surface area (Å²) in [7, 11) is 0. The summed E-state index contributed by atoms with van der Waals surface area (Å²) < 4.78 is 0. The number of rotatable bonds is 3. The zero-order valence-electron chi connectivity index (χ0n) is 14.5. The van der Waals surface area contributed by atoms with Gasteiger partial charge in [0.05, 0.1) is 5.69 Å². The van der Waals surface area contributed by atoms with Gasteiger partial charge in [-0.25, -0.2) is 0 Å². The second-order valence-electron chi connectivity index (χ2n) is 8.19. The summed E-state index contributed by atoms with van der Waals surface area (Å²) in [5.74, 6) is 2.05. The molecule has 4 nitrogen and oxygen atoms in total. The highest BCUT2D eigenvalue weighted by atomic mass is 15.3. The Balaban J connectivity index is 1.39. The van der Waals surface area contributed by atoms with Crippen molar-refractivity contribution in [1.29, 1.82) is 0 Å². The van der Waals surface area contributed by atoms with Gasteiger partial charge in [-0.2, -0.15) is 5.10 Å². The van der Waals surface area contributed by atoms with Crippen molar-refractivity contribution >= 4 is 5.82 Å². The van der Waals surface area contributed by atoms with Gasteiger partial charge in [0.25, 0.3) is 0 Å². The van der Waals surface area contributed by atoms with Gasteiger partial charge < -0.3 is 9.80 Å². The third-order valence-corrected chi connectivity index (χ3v) is 6.28. The number of anilines is 1. The molecule has 1 spiro atoms. The predicted molar refractivity (Wildman–Crippen MR) is 93.7 cm³/mol. The topological polar surface area (TPSA) is 32.3 Å². The van der Waals surface area contributed by atoms with E-state index in [9.17, 15) is 0 Å². The number of likely N-dealkylation sites (tertiary alicyclic amines) is 1. The molecular formula is C19H30N4. The van der Waals surface area contributed by atoms with Crippen molar-refractivity contribution in [3.8, 4) is 0 Å². The first-order valence-electron chi connectivity index (χ1n) is 9.50. The van der Waals surface area contributed by atoms with Crippen LogP contribution in [0.4, 0.5) is 5.82 Å². The Labute approximate surface area is 140 Å². The van der Waals surface area contributed by atoms with Gasteiger partial charge >= 0.3 is 0 Å². The molecule has 3 fully saturated rings. The Kier molecular flexibility index (Phi) is 4.27. The lowest BCUT2D eigenvalue weighted by Gasteiger charge is -2.41. The number of aryl methyl sites for hydroxylation is 1. The smallest absolute Gasteiger partial charge is 0.151 e. The molecule has 0 unspecified atom stereocenters. The Hall–Kier alpha value is -1.16. The molecule has 4 heteroatoms. The first kappa shape index (κ1) is 15.4. The van der Waals surface area contributed by atoms with E-state index in [1.165, 1.54) is 71.1 Å². The summed E-state index contributed by atoms with van der Waals surface area (Å²) in [6.07, 6.45) is 9.92. The number of hydrogen-bond donors (Lipinski definition) is 0. The van der Waals surface area contributed by atoms with Crippen LogP contribution in [-0.2, 0) is 0 Å². The molecule has 3 heterocycles. The summed E-state index contributed by atoms with van der Waals surface area (Å²) in [5.41, 5.74) is 1.51. The predicted octanol–water partition coefficient (Wildman–Crippen LogP) is 3.27. The van der Waals surface area contributed by atoms with Gasteiger partial charge in [0.1, 0.15) is 0 Å². The van der Waals surface area contributed by atoms with Gasteiger partial charge in [-0.05, 0) is 63.6 Å². The summed E-state index contributed by atoms with van der Waals surface area (Å²) in [6.45, 7) is 8.29. The fraction of sp³-hybridized carbons (Fsp3) is 0.789. The molecule has 4 rings (SSSR count). The summed E-state index contributed by atoms with van der Waals surface area (Å²) in [4.78, 5) is 5.25. The van der Waals surface area contributed by atoms with Gasteiger partial charge in [-0.1, -0.05) is 12.8 Å². The summed E-state index contributed by atoms with van der Waals surface area (Å²) >= 11 is 0. The minimum absolute atomic E-state index is 0.503. The number of hydrogen-bond acceptors (Lipinski definition) is 4. The van der Waals surface area contributed by atoms with Crippen LogP contribution in [0.5, 0.6) is 0 Å². The van der Waals surface area contributed by atoms with E-state index in [0.717, 1.165) is 24.0 Å². The van der Waals surface area contributed by atoms with Crippen molar-refractivity contribution in [3.63, 3.8) is 0 Å². The van der Waals surface area contributed by atoms with E-state index in [-0.39, 0.29) is 0 Å². The van der Waals surface area contributed by atoms with Crippen molar-refractivity contribution in [2.75, 3.05) is 37.6 Å². The zero-order chi connectivity index (χ0) is 15.7. The standard InChI is InChI=1S/C19H30N4/c1-16-7-8-18(21-20-16)23-11-4-9-19(15-23)10-12-22(14-19)13-17-5-2-3-6-17/h7-8,17H,2-6,9-15H2,1H3/t19-/m1/s1. The third-order valence-electron chi connectivity index (χ3n) is 6.28. The average molecular weight is 314 g/mol. The molecule has 1 aliphatic carbocycles. The molecule has 0 bridgehead atoms. The molecule has 1 aromatic heterocycles. The molecule has 0 aromatic carbocycles. The van der Waals surface area contributed by atoms with E-state index in [2.05, 4.69) is 32.1 Å². The number of piperidine rings is 1. The van der Waals surface area contributed by atoms with E-state index in [4.69, 9.17) is 0 Å². The average Bonchev–Trinajstić information content (AvgIpc) is 3.19. The lowest BCUT2D eigenvalue weighted by Crippen LogP contribution is -2.45. The molecule has 2 aliphatic heterocycles. The van der Waals surface area contributed by atoms with Crippen LogP contribution in [0.25, 0.3) is 0 Å². The van der Waals surface area contributed by atoms with Crippen LogP contribution in [0.1, 0.15) is 50.6 Å². The van der Waals surface area contributed by atoms with Crippen molar-refractivity contribution in [3.05, 3.63) is 17.8 Å². The monoisotopic (exact) mass is 314 g/mol. The Bertz CT molecular complexity index is 523. The maximum Gasteiger partial charge on any atom is 0.151 e. The molecule has 1 saturated carbocycles. The zero-order valence-corrected chi connectivity index (χ0v) is 14.5. The van der Waals surface area contributed by atoms with E-state index >= 15 is 0 Å². The van der Waals surface area contributed by atoms with Crippen LogP contribution in [0, 0.1) is 18.3 Å². The Morgan fingerprint density at radius 1 is 1.04 bits per heavy atom. The second-order valence-corrected chi connectivity index (χ2v) is 8.19. The molecule has 1 aromatic rings. The van der Waals surface area contributed by atoms with Gasteiger partial charge in [0, 0.05) is 31.6 Å². The van der Waals surface area contributed by atoms with Crippen molar-refractivity contribution in [1.82, 2.24) is 15.1 Å². The first-order valence-corrected chi connectivity index (χ1v) is 9.50. The third kappa shape index (κ3) is 3.37. The van der Waals surface area contributed by atoms with E-state index in [1.54, 1.807) is 0 Å². The Morgan fingerprint density at radius 3 is 2.70 bits per heavy atom. The Morgan fingerprint density at radius 2 is 1.91 bits per heavy atom. The molecule has 2 saturated heterocycles. The highest BCUT2D eigenvalue weighted by Gasteiger charge is 2.42. The van der Waals surface area contributed by atoms with Crippen LogP contribution in [-0.4, -0.2) is 47.8 Å². The van der Waals surface area contributed by atoms with Gasteiger partial charge in [0.2, 0.25) is 0 Å². The fourth-order valence-corrected chi connectivity index (χ4v) is 5.04. The lowest BCUT2D eigenvalue weighted by atomic mass is 9.79. The SMILES string of the molecule is Cc1ccc(N2CCC[C@]3(CCN(CC4CCCC4)C3)C2)nn1. The number of aromatic nitrogens is 2. The second kappa shape index (κ2) is 6.39. The number of nitrogens with zero attached hydrogens (tertiary/aromatic N) is 4. The quantitative estimate of drug-likeness (QED) is 0.857. The lowest BCUT2D eigenvalue weighted by molar-refractivity contribution is 0.204. The fourth-order valence-electron chi connectivity index (χ4n) is 5.04. The normalized spacial score (nSPS) is 29.7. The van der Waals surface area contributed by atoms with Crippen LogP contribution in [0.15, 0.2) is 12.1 Å². The molecular weight excluding hydrogens is 284 g/mol. The van der Waals surface area contributed by atoms with Crippen LogP contribution in [0.3, 0.4) is 0 Å². The molecule has 126 valence electrons. The van der Waals surface area contributed by atoms with E-state index < -0.39 is 0 Å². The van der Waals surface area contributed by atoms with Crippen molar-refractivity contribution in [2.45, 2.75) is 51.9 Å². The van der Waals surface area contributed by atoms with Crippen molar-refractivity contribution in [2.24, 2.45) is 11.3 Å². The molecule has 23 heavy (non-hydrogen) atoms. The molecule has 0 N–H and O–H groups in total. The summed E-state index contributed by atoms with van der Waals surface area (Å²) in [6, 6.07) is 4.23. The molecule has 0 radical (unpaired) electrons. The van der Waals surface area contributed by atoms with Crippen LogP contribution in [0.2, 0.25) is 0 Å². The maximum absolute atomic E-state index is 4.42.